The second-order valence-corrected chi connectivity index (χ2v) is 3.79. The molecule has 0 saturated heterocycles. The van der Waals surface area contributed by atoms with Gasteiger partial charge in [0.2, 0.25) is 5.65 Å². The van der Waals surface area contributed by atoms with Gasteiger partial charge in [0.05, 0.1) is 4.92 Å². The van der Waals surface area contributed by atoms with Gasteiger partial charge in [-0.3, -0.25) is 10.1 Å². The van der Waals surface area contributed by atoms with Crippen molar-refractivity contribution in [1.29, 1.82) is 0 Å². The molecule has 0 saturated carbocycles. The highest BCUT2D eigenvalue weighted by Gasteiger charge is 2.17. The molecule has 0 aliphatic rings. The van der Waals surface area contributed by atoms with Crippen molar-refractivity contribution < 1.29 is 4.92 Å². The Morgan fingerprint density at radius 2 is 2.31 bits per heavy atom. The molecule has 16 heavy (non-hydrogen) atoms. The van der Waals surface area contributed by atoms with Gasteiger partial charge < -0.3 is 0 Å². The van der Waals surface area contributed by atoms with Crippen LogP contribution in [0.1, 0.15) is 5.56 Å². The van der Waals surface area contributed by atoms with E-state index in [1.807, 2.05) is 0 Å². The van der Waals surface area contributed by atoms with Crippen LogP contribution >= 0.6 is 23.2 Å². The van der Waals surface area contributed by atoms with Crippen molar-refractivity contribution in [3.05, 3.63) is 33.2 Å². The molecule has 2 aromatic rings. The smallest absolute Gasteiger partial charge is 0.258 e. The number of halogens is 2. The minimum Gasteiger partial charge on any atom is -0.258 e. The first-order valence-corrected chi connectivity index (χ1v) is 5.28. The van der Waals surface area contributed by atoms with Gasteiger partial charge in [-0.2, -0.15) is 5.10 Å². The van der Waals surface area contributed by atoms with E-state index in [-0.39, 0.29) is 16.5 Å². The third-order valence-corrected chi connectivity index (χ3v) is 2.57. The summed E-state index contributed by atoms with van der Waals surface area (Å²) in [5, 5.41) is 14.7. The number of rotatable bonds is 3. The summed E-state index contributed by atoms with van der Waals surface area (Å²) in [7, 11) is 0. The van der Waals surface area contributed by atoms with E-state index in [1.165, 1.54) is 4.52 Å². The van der Waals surface area contributed by atoms with Gasteiger partial charge in [-0.05, 0) is 6.42 Å². The van der Waals surface area contributed by atoms with E-state index < -0.39 is 4.92 Å². The standard InChI is InChI=1S/C8H6Cl2N4O2/c9-2-1-5-4-13-8(12-7(5)10)6(3-11-13)14(15)16/h3-4H,1-2H2. The Morgan fingerprint density at radius 1 is 1.56 bits per heavy atom. The minimum absolute atomic E-state index is 0.133. The van der Waals surface area contributed by atoms with Gasteiger partial charge in [-0.1, -0.05) is 11.6 Å². The first-order chi connectivity index (χ1) is 7.63. The summed E-state index contributed by atoms with van der Waals surface area (Å²) in [5.74, 6) is 0.399. The molecule has 84 valence electrons. The molecule has 0 unspecified atom stereocenters. The molecule has 2 aromatic heterocycles. The zero-order valence-electron chi connectivity index (χ0n) is 7.93. The van der Waals surface area contributed by atoms with Gasteiger partial charge in [0.25, 0.3) is 0 Å². The number of nitrogens with zero attached hydrogens (tertiary/aromatic N) is 4. The van der Waals surface area contributed by atoms with Crippen LogP contribution in [-0.2, 0) is 6.42 Å². The maximum atomic E-state index is 10.6. The normalized spacial score (nSPS) is 10.9. The van der Waals surface area contributed by atoms with E-state index in [2.05, 4.69) is 10.1 Å². The highest BCUT2D eigenvalue weighted by atomic mass is 35.5. The summed E-state index contributed by atoms with van der Waals surface area (Å²) >= 11 is 11.5. The molecule has 0 N–H and O–H groups in total. The minimum atomic E-state index is -0.549. The summed E-state index contributed by atoms with van der Waals surface area (Å²) in [6.45, 7) is 0. The fourth-order valence-electron chi connectivity index (χ4n) is 1.31. The lowest BCUT2D eigenvalue weighted by Crippen LogP contribution is -1.98. The number of nitro groups is 1. The first kappa shape index (κ1) is 11.1. The average Bonchev–Trinajstić information content (AvgIpc) is 2.61. The SMILES string of the molecule is O=[N+]([O-])c1cnn2cc(CCCl)c(Cl)nc12. The van der Waals surface area contributed by atoms with E-state index in [1.54, 1.807) is 6.20 Å². The monoisotopic (exact) mass is 260 g/mol. The number of aryl methyl sites for hydroxylation is 1. The third kappa shape index (κ3) is 1.81. The molecular weight excluding hydrogens is 255 g/mol. The number of fused-ring (bicyclic) bond motifs is 1. The van der Waals surface area contributed by atoms with Gasteiger partial charge >= 0.3 is 5.69 Å². The van der Waals surface area contributed by atoms with Crippen LogP contribution in [0.2, 0.25) is 5.15 Å². The molecule has 0 radical (unpaired) electrons. The summed E-state index contributed by atoms with van der Waals surface area (Å²) in [4.78, 5) is 14.0. The molecule has 0 aromatic carbocycles. The second kappa shape index (κ2) is 4.23. The van der Waals surface area contributed by atoms with Crippen molar-refractivity contribution in [2.45, 2.75) is 6.42 Å². The highest BCUT2D eigenvalue weighted by Crippen LogP contribution is 2.21. The Hall–Kier alpha value is -1.40. The van der Waals surface area contributed by atoms with Gasteiger partial charge in [0.15, 0.2) is 0 Å². The van der Waals surface area contributed by atoms with Crippen molar-refractivity contribution >= 4 is 34.5 Å². The maximum absolute atomic E-state index is 10.6. The number of hydrogen-bond donors (Lipinski definition) is 0. The molecule has 0 aliphatic heterocycles. The van der Waals surface area contributed by atoms with Crippen LogP contribution in [-0.4, -0.2) is 25.4 Å². The molecule has 0 atom stereocenters. The van der Waals surface area contributed by atoms with E-state index in [0.717, 1.165) is 6.20 Å². The lowest BCUT2D eigenvalue weighted by molar-refractivity contribution is -0.383. The highest BCUT2D eigenvalue weighted by molar-refractivity contribution is 6.30. The van der Waals surface area contributed by atoms with Crippen molar-refractivity contribution in [1.82, 2.24) is 14.6 Å². The second-order valence-electron chi connectivity index (χ2n) is 3.05. The van der Waals surface area contributed by atoms with Gasteiger partial charge in [0.1, 0.15) is 11.3 Å². The van der Waals surface area contributed by atoms with Crippen molar-refractivity contribution in [2.75, 3.05) is 5.88 Å². The molecule has 2 heterocycles. The molecule has 0 fully saturated rings. The largest absolute Gasteiger partial charge is 0.333 e. The predicted molar refractivity (Wildman–Crippen MR) is 59.1 cm³/mol. The lowest BCUT2D eigenvalue weighted by Gasteiger charge is -2.01. The molecule has 2 rings (SSSR count). The number of hydrogen-bond acceptors (Lipinski definition) is 4. The van der Waals surface area contributed by atoms with Gasteiger partial charge in [0, 0.05) is 17.6 Å². The molecule has 0 amide bonds. The molecule has 0 aliphatic carbocycles. The molecule has 0 spiro atoms. The van der Waals surface area contributed by atoms with Crippen LogP contribution in [0.4, 0.5) is 5.69 Å². The van der Waals surface area contributed by atoms with Gasteiger partial charge in [-0.25, -0.2) is 9.50 Å². The Kier molecular flexibility index (Phi) is 2.93. The lowest BCUT2D eigenvalue weighted by atomic mass is 10.3. The van der Waals surface area contributed by atoms with Crippen LogP contribution in [0.25, 0.3) is 5.65 Å². The van der Waals surface area contributed by atoms with Crippen LogP contribution < -0.4 is 0 Å². The topological polar surface area (TPSA) is 73.3 Å². The van der Waals surface area contributed by atoms with Crippen LogP contribution in [0.5, 0.6) is 0 Å². The zero-order valence-corrected chi connectivity index (χ0v) is 9.44. The van der Waals surface area contributed by atoms with Crippen molar-refractivity contribution in [3.63, 3.8) is 0 Å². The number of alkyl halides is 1. The van der Waals surface area contributed by atoms with E-state index in [0.29, 0.717) is 17.9 Å². The zero-order chi connectivity index (χ0) is 11.7. The summed E-state index contributed by atoms with van der Waals surface area (Å²) in [5.41, 5.74) is 0.676. The van der Waals surface area contributed by atoms with Gasteiger partial charge in [-0.15, -0.1) is 11.6 Å². The molecule has 8 heteroatoms. The predicted octanol–water partition coefficient (Wildman–Crippen LogP) is 2.07. The average molecular weight is 261 g/mol. The Balaban J connectivity index is 2.61. The summed E-state index contributed by atoms with van der Waals surface area (Å²) in [6.07, 6.45) is 3.28. The third-order valence-electron chi connectivity index (χ3n) is 2.06. The molecule has 6 nitrogen and oxygen atoms in total. The fraction of sp³-hybridized carbons (Fsp3) is 0.250. The summed E-state index contributed by atoms with van der Waals surface area (Å²) in [6, 6.07) is 0. The van der Waals surface area contributed by atoms with E-state index >= 15 is 0 Å². The maximum Gasteiger partial charge on any atom is 0.333 e. The van der Waals surface area contributed by atoms with Crippen LogP contribution in [0, 0.1) is 10.1 Å². The Labute approximate surface area is 99.9 Å². The quantitative estimate of drug-likeness (QED) is 0.367. The van der Waals surface area contributed by atoms with E-state index in [9.17, 15) is 10.1 Å². The molecular formula is C8H6Cl2N4O2. The van der Waals surface area contributed by atoms with Crippen molar-refractivity contribution in [3.8, 4) is 0 Å². The van der Waals surface area contributed by atoms with E-state index in [4.69, 9.17) is 23.2 Å². The van der Waals surface area contributed by atoms with Crippen LogP contribution in [0.15, 0.2) is 12.4 Å². The van der Waals surface area contributed by atoms with Crippen molar-refractivity contribution in [2.24, 2.45) is 0 Å². The van der Waals surface area contributed by atoms with Crippen LogP contribution in [0.3, 0.4) is 0 Å². The fourth-order valence-corrected chi connectivity index (χ4v) is 1.74. The number of aromatic nitrogens is 3. The Bertz CT molecular complexity index is 554. The molecule has 0 bridgehead atoms. The Morgan fingerprint density at radius 3 is 2.94 bits per heavy atom. The first-order valence-electron chi connectivity index (χ1n) is 4.36. The summed E-state index contributed by atoms with van der Waals surface area (Å²) < 4.78 is 1.33.